The molecule has 0 aliphatic heterocycles. The molecule has 0 bridgehead atoms. The average Bonchev–Trinajstić information content (AvgIpc) is 3.34. The molecule has 1 heterocycles. The molecular formula is C49H61Cl3N6O13. The van der Waals surface area contributed by atoms with Crippen LogP contribution in [0, 0.1) is 0 Å². The number of benzene rings is 3. The van der Waals surface area contributed by atoms with Crippen LogP contribution in [0.5, 0.6) is 0 Å². The van der Waals surface area contributed by atoms with E-state index >= 15 is 0 Å². The number of aromatic nitrogens is 3. The number of ether oxygens (including phenoxy) is 3. The van der Waals surface area contributed by atoms with Crippen LogP contribution in [0.1, 0.15) is 76.0 Å². The van der Waals surface area contributed by atoms with Gasteiger partial charge in [-0.2, -0.15) is 10.1 Å². The molecule has 22 heteroatoms. The summed E-state index contributed by atoms with van der Waals surface area (Å²) >= 11 is 17.1. The number of carbonyl (C=O) groups is 4. The molecule has 0 saturated heterocycles. The zero-order valence-corrected chi connectivity index (χ0v) is 42.4. The number of unbranched alkanes of at least 4 members (excludes halogenated alkanes) is 3. The highest BCUT2D eigenvalue weighted by Gasteiger charge is 2.29. The van der Waals surface area contributed by atoms with Gasteiger partial charge >= 0.3 is 41.1 Å². The SMILES string of the molecule is C=CCOC(=O)N(CCCCn1c(=O)n(CCCCN(OCc2ccccc2)C(=O)OC(C)(C)C)c(=O)n(CCCCN(OCc2ccccc2)C(=O)C(=O)OCC(Cl)(Cl)Cl)c1=O)OCc1ccccc1. The van der Waals surface area contributed by atoms with Gasteiger partial charge in [-0.1, -0.05) is 138 Å². The standard InChI is InChI=1S/C49H61Cl3N6O13/c1-5-33-66-46(64)57(69-35-39-23-11-7-12-24-39)31-19-16-28-54-43(61)53(27-15-18-30-56(68-34-38-21-9-6-10-22-38)41(59)42(60)67-37-49(50,51)52)44(62)55(45(54)63)29-17-20-32-58(47(65)71-48(2,3)4)70-36-40-25-13-8-14-26-40/h5-14,21-26H,1,15-20,27-37H2,2-4H3. The summed E-state index contributed by atoms with van der Waals surface area (Å²) in [5, 5.41) is 2.94. The van der Waals surface area contributed by atoms with E-state index in [0.717, 1.165) is 40.0 Å². The third-order valence-electron chi connectivity index (χ3n) is 9.95. The van der Waals surface area contributed by atoms with Crippen LogP contribution in [0.25, 0.3) is 0 Å². The molecule has 0 radical (unpaired) electrons. The summed E-state index contributed by atoms with van der Waals surface area (Å²) in [6.07, 6.45) is 1.05. The maximum absolute atomic E-state index is 14.1. The van der Waals surface area contributed by atoms with Crippen LogP contribution < -0.4 is 17.1 Å². The highest BCUT2D eigenvalue weighted by atomic mass is 35.6. The summed E-state index contributed by atoms with van der Waals surface area (Å²) in [5.74, 6) is -2.52. The summed E-state index contributed by atoms with van der Waals surface area (Å²) in [6, 6.07) is 27.2. The summed E-state index contributed by atoms with van der Waals surface area (Å²) < 4.78 is 16.5. The largest absolute Gasteiger partial charge is 0.454 e. The summed E-state index contributed by atoms with van der Waals surface area (Å²) in [5.41, 5.74) is -1.13. The lowest BCUT2D eigenvalue weighted by Gasteiger charge is -2.26. The molecule has 0 saturated carbocycles. The molecule has 0 aliphatic carbocycles. The van der Waals surface area contributed by atoms with Crippen molar-refractivity contribution in [1.82, 2.24) is 28.9 Å². The van der Waals surface area contributed by atoms with Gasteiger partial charge in [0.2, 0.25) is 3.79 Å². The van der Waals surface area contributed by atoms with Crippen molar-refractivity contribution in [3.63, 3.8) is 0 Å². The fourth-order valence-electron chi connectivity index (χ4n) is 6.48. The topological polar surface area (TPSA) is 199 Å². The first-order chi connectivity index (χ1) is 33.9. The minimum absolute atomic E-state index is 0.0332. The minimum Gasteiger partial charge on any atom is -0.454 e. The third-order valence-corrected chi connectivity index (χ3v) is 10.3. The maximum Gasteiger partial charge on any atom is 0.434 e. The van der Waals surface area contributed by atoms with E-state index in [1.807, 2.05) is 60.7 Å². The minimum atomic E-state index is -1.98. The molecule has 386 valence electrons. The van der Waals surface area contributed by atoms with Crippen LogP contribution in [0.2, 0.25) is 0 Å². The molecule has 0 aliphatic rings. The average molecular weight is 1050 g/mol. The van der Waals surface area contributed by atoms with Gasteiger partial charge in [0.15, 0.2) is 0 Å². The lowest BCUT2D eigenvalue weighted by Crippen LogP contribution is -2.54. The van der Waals surface area contributed by atoms with Gasteiger partial charge in [-0.15, -0.1) is 0 Å². The molecule has 71 heavy (non-hydrogen) atoms. The normalized spacial score (nSPS) is 11.4. The van der Waals surface area contributed by atoms with Crippen molar-refractivity contribution >= 4 is 58.9 Å². The van der Waals surface area contributed by atoms with Crippen molar-refractivity contribution in [2.75, 3.05) is 32.8 Å². The van der Waals surface area contributed by atoms with E-state index < -0.39 is 57.1 Å². The monoisotopic (exact) mass is 1050 g/mol. The van der Waals surface area contributed by atoms with E-state index in [9.17, 15) is 33.6 Å². The van der Waals surface area contributed by atoms with Gasteiger partial charge in [0.1, 0.15) is 38.6 Å². The molecule has 0 unspecified atom stereocenters. The number of alkyl halides is 3. The number of hydrogen-bond acceptors (Lipinski definition) is 13. The molecule has 0 spiro atoms. The second kappa shape index (κ2) is 29.4. The highest BCUT2D eigenvalue weighted by molar-refractivity contribution is 6.67. The van der Waals surface area contributed by atoms with Crippen molar-refractivity contribution in [3.8, 4) is 0 Å². The Morgan fingerprint density at radius 3 is 1.28 bits per heavy atom. The van der Waals surface area contributed by atoms with Crippen molar-refractivity contribution in [2.45, 2.75) is 108 Å². The first-order valence-corrected chi connectivity index (χ1v) is 24.1. The van der Waals surface area contributed by atoms with Crippen LogP contribution in [-0.4, -0.2) is 95.2 Å². The molecule has 1 aromatic heterocycles. The van der Waals surface area contributed by atoms with E-state index in [0.29, 0.717) is 5.56 Å². The molecule has 4 rings (SSSR count). The zero-order valence-electron chi connectivity index (χ0n) is 40.1. The van der Waals surface area contributed by atoms with Crippen LogP contribution in [0.3, 0.4) is 0 Å². The third kappa shape index (κ3) is 20.7. The first kappa shape index (κ1) is 57.6. The van der Waals surface area contributed by atoms with Gasteiger partial charge in [0.05, 0.1) is 13.1 Å². The number of rotatable bonds is 27. The number of hydrogen-bond donors (Lipinski definition) is 0. The van der Waals surface area contributed by atoms with E-state index in [-0.39, 0.29) is 104 Å². The van der Waals surface area contributed by atoms with E-state index in [1.165, 1.54) is 6.08 Å². The molecule has 0 N–H and O–H groups in total. The Balaban J connectivity index is 1.54. The Labute approximate surface area is 426 Å². The summed E-state index contributed by atoms with van der Waals surface area (Å²) in [6.45, 7) is 7.45. The molecule has 19 nitrogen and oxygen atoms in total. The number of hydroxylamine groups is 6. The predicted molar refractivity (Wildman–Crippen MR) is 265 cm³/mol. The van der Waals surface area contributed by atoms with Crippen LogP contribution in [0.15, 0.2) is 118 Å². The van der Waals surface area contributed by atoms with Crippen LogP contribution >= 0.6 is 34.8 Å². The molecule has 3 amide bonds. The van der Waals surface area contributed by atoms with E-state index in [4.69, 9.17) is 63.5 Å². The Kier molecular flexibility index (Phi) is 23.9. The van der Waals surface area contributed by atoms with Gasteiger partial charge in [-0.25, -0.2) is 47.5 Å². The Morgan fingerprint density at radius 1 is 0.549 bits per heavy atom. The number of carbonyl (C=O) groups excluding carboxylic acids is 4. The predicted octanol–water partition coefficient (Wildman–Crippen LogP) is 7.51. The quantitative estimate of drug-likeness (QED) is 0.0108. The number of esters is 1. The van der Waals surface area contributed by atoms with Gasteiger partial charge in [-0.3, -0.25) is 19.3 Å². The van der Waals surface area contributed by atoms with Gasteiger partial charge in [-0.05, 0) is 76.0 Å². The molecular weight excluding hydrogens is 987 g/mol. The zero-order chi connectivity index (χ0) is 51.8. The number of nitrogens with zero attached hydrogens (tertiary/aromatic N) is 6. The fraction of sp³-hybridized carbons (Fsp3) is 0.449. The highest BCUT2D eigenvalue weighted by Crippen LogP contribution is 2.26. The summed E-state index contributed by atoms with van der Waals surface area (Å²) in [4.78, 5) is 111. The van der Waals surface area contributed by atoms with E-state index in [1.54, 1.807) is 51.1 Å². The van der Waals surface area contributed by atoms with Gasteiger partial charge in [0.25, 0.3) is 0 Å². The fourth-order valence-corrected chi connectivity index (χ4v) is 6.64. The van der Waals surface area contributed by atoms with Crippen molar-refractivity contribution in [3.05, 3.63) is 152 Å². The second-order valence-corrected chi connectivity index (χ2v) is 19.4. The summed E-state index contributed by atoms with van der Waals surface area (Å²) in [7, 11) is 0. The Hall–Kier alpha value is -5.96. The molecule has 0 atom stereocenters. The van der Waals surface area contributed by atoms with Crippen LogP contribution in [-0.2, 0) is 77.8 Å². The van der Waals surface area contributed by atoms with Crippen molar-refractivity contribution < 1.29 is 47.9 Å². The number of amides is 3. The molecule has 4 aromatic rings. The van der Waals surface area contributed by atoms with E-state index in [2.05, 4.69) is 6.58 Å². The smallest absolute Gasteiger partial charge is 0.434 e. The van der Waals surface area contributed by atoms with Crippen LogP contribution in [0.4, 0.5) is 9.59 Å². The lowest BCUT2D eigenvalue weighted by atomic mass is 10.2. The second-order valence-electron chi connectivity index (χ2n) is 16.8. The molecule has 3 aromatic carbocycles. The lowest BCUT2D eigenvalue weighted by molar-refractivity contribution is -0.199. The Bertz CT molecular complexity index is 2500. The van der Waals surface area contributed by atoms with Crippen molar-refractivity contribution in [1.29, 1.82) is 0 Å². The number of halogens is 3. The van der Waals surface area contributed by atoms with Gasteiger partial charge in [0, 0.05) is 26.2 Å². The molecule has 0 fully saturated rings. The van der Waals surface area contributed by atoms with Gasteiger partial charge < -0.3 is 14.2 Å². The Morgan fingerprint density at radius 2 is 0.915 bits per heavy atom. The maximum atomic E-state index is 14.1. The van der Waals surface area contributed by atoms with Crippen molar-refractivity contribution in [2.24, 2.45) is 0 Å². The first-order valence-electron chi connectivity index (χ1n) is 22.9.